The molecule has 5 nitrogen and oxygen atoms in total. The van der Waals surface area contributed by atoms with E-state index in [9.17, 15) is 9.59 Å². The fourth-order valence-corrected chi connectivity index (χ4v) is 3.52. The first-order valence-electron chi connectivity index (χ1n) is 9.90. The van der Waals surface area contributed by atoms with Gasteiger partial charge >= 0.3 is 0 Å². The van der Waals surface area contributed by atoms with Gasteiger partial charge in [-0.05, 0) is 44.9 Å². The quantitative estimate of drug-likeness (QED) is 0.607. The van der Waals surface area contributed by atoms with E-state index in [4.69, 9.17) is 4.74 Å². The maximum atomic E-state index is 11.9. The summed E-state index contributed by atoms with van der Waals surface area (Å²) in [6, 6.07) is 0. The predicted molar refractivity (Wildman–Crippen MR) is 94.8 cm³/mol. The smallest absolute Gasteiger partial charge is 0.222 e. The number of unbranched alkanes of at least 4 members (excludes halogenated alkanes) is 1. The van der Waals surface area contributed by atoms with Crippen LogP contribution in [-0.4, -0.2) is 61.0 Å². The van der Waals surface area contributed by atoms with Crippen molar-refractivity contribution in [2.75, 3.05) is 39.4 Å². The summed E-state index contributed by atoms with van der Waals surface area (Å²) >= 11 is 0. The highest BCUT2D eigenvalue weighted by atomic mass is 16.5. The van der Waals surface area contributed by atoms with Crippen LogP contribution in [0.15, 0.2) is 0 Å². The van der Waals surface area contributed by atoms with Crippen molar-refractivity contribution in [3.8, 4) is 0 Å². The van der Waals surface area contributed by atoms with Crippen LogP contribution < -0.4 is 0 Å². The molecule has 0 aromatic rings. The van der Waals surface area contributed by atoms with E-state index in [0.717, 1.165) is 97.2 Å². The Morgan fingerprint density at radius 2 is 1.21 bits per heavy atom. The molecule has 2 heterocycles. The first kappa shape index (κ1) is 19.2. The van der Waals surface area contributed by atoms with Gasteiger partial charge in [0.2, 0.25) is 11.8 Å². The highest BCUT2D eigenvalue weighted by Gasteiger charge is 2.16. The Labute approximate surface area is 146 Å². The topological polar surface area (TPSA) is 49.9 Å². The summed E-state index contributed by atoms with van der Waals surface area (Å²) in [7, 11) is 0. The van der Waals surface area contributed by atoms with Crippen LogP contribution in [-0.2, 0) is 14.3 Å². The lowest BCUT2D eigenvalue weighted by Gasteiger charge is -2.21. The zero-order valence-corrected chi connectivity index (χ0v) is 15.1. The number of carbonyl (C=O) groups is 2. The van der Waals surface area contributed by atoms with E-state index < -0.39 is 0 Å². The van der Waals surface area contributed by atoms with Crippen molar-refractivity contribution < 1.29 is 14.3 Å². The Hall–Kier alpha value is -1.10. The average Bonchev–Trinajstić information content (AvgIpc) is 2.91. The van der Waals surface area contributed by atoms with Gasteiger partial charge in [0.1, 0.15) is 0 Å². The Balaban J connectivity index is 1.45. The van der Waals surface area contributed by atoms with Crippen molar-refractivity contribution in [1.29, 1.82) is 0 Å². The molecule has 0 saturated carbocycles. The Morgan fingerprint density at radius 1 is 0.667 bits per heavy atom. The third-order valence-corrected chi connectivity index (χ3v) is 5.03. The summed E-state index contributed by atoms with van der Waals surface area (Å²) < 4.78 is 5.69. The number of amides is 2. The predicted octanol–water partition coefficient (Wildman–Crippen LogP) is 2.98. The lowest BCUT2D eigenvalue weighted by Crippen LogP contribution is -2.32. The minimum atomic E-state index is 0.314. The van der Waals surface area contributed by atoms with Crippen LogP contribution in [0.1, 0.15) is 70.6 Å². The van der Waals surface area contributed by atoms with Gasteiger partial charge in [-0.2, -0.15) is 0 Å². The zero-order chi connectivity index (χ0) is 17.0. The second-order valence-electron chi connectivity index (χ2n) is 7.06. The number of likely N-dealkylation sites (tertiary alicyclic amines) is 2. The molecule has 0 aromatic heterocycles. The van der Waals surface area contributed by atoms with Crippen LogP contribution in [0.4, 0.5) is 0 Å². The monoisotopic (exact) mass is 338 g/mol. The second kappa shape index (κ2) is 11.5. The second-order valence-corrected chi connectivity index (χ2v) is 7.06. The molecule has 2 saturated heterocycles. The number of rotatable bonds is 9. The van der Waals surface area contributed by atoms with Crippen molar-refractivity contribution in [2.45, 2.75) is 70.6 Å². The van der Waals surface area contributed by atoms with Gasteiger partial charge in [0.15, 0.2) is 0 Å². The highest BCUT2D eigenvalue weighted by molar-refractivity contribution is 5.76. The summed E-state index contributed by atoms with van der Waals surface area (Å²) in [5.41, 5.74) is 0. The number of hydrogen-bond acceptors (Lipinski definition) is 3. The molecule has 24 heavy (non-hydrogen) atoms. The highest BCUT2D eigenvalue weighted by Crippen LogP contribution is 2.12. The van der Waals surface area contributed by atoms with Gasteiger partial charge < -0.3 is 14.5 Å². The molecular weight excluding hydrogens is 304 g/mol. The molecule has 0 aliphatic carbocycles. The summed E-state index contributed by atoms with van der Waals surface area (Å²) in [6.07, 6.45) is 11.2. The fourth-order valence-electron chi connectivity index (χ4n) is 3.52. The molecule has 2 rings (SSSR count). The van der Waals surface area contributed by atoms with Crippen LogP contribution in [0, 0.1) is 0 Å². The van der Waals surface area contributed by atoms with Gasteiger partial charge in [-0.25, -0.2) is 0 Å². The van der Waals surface area contributed by atoms with E-state index in [1.54, 1.807) is 0 Å². The molecule has 0 spiro atoms. The molecule has 2 aliphatic heterocycles. The van der Waals surface area contributed by atoms with Crippen molar-refractivity contribution in [3.05, 3.63) is 0 Å². The average molecular weight is 338 g/mol. The maximum Gasteiger partial charge on any atom is 0.222 e. The Kier molecular flexibility index (Phi) is 9.18. The van der Waals surface area contributed by atoms with E-state index in [1.165, 1.54) is 12.8 Å². The largest absolute Gasteiger partial charge is 0.381 e. The van der Waals surface area contributed by atoms with Gasteiger partial charge in [-0.3, -0.25) is 9.59 Å². The molecular formula is C19H34N2O3. The van der Waals surface area contributed by atoms with Gasteiger partial charge in [-0.15, -0.1) is 0 Å². The maximum absolute atomic E-state index is 11.9. The Bertz CT molecular complexity index is 351. The summed E-state index contributed by atoms with van der Waals surface area (Å²) in [6.45, 7) is 5.06. The Morgan fingerprint density at radius 3 is 1.83 bits per heavy atom. The molecule has 5 heteroatoms. The van der Waals surface area contributed by atoms with Crippen molar-refractivity contribution >= 4 is 11.8 Å². The lowest BCUT2D eigenvalue weighted by molar-refractivity contribution is -0.131. The molecule has 0 atom stereocenters. The minimum Gasteiger partial charge on any atom is -0.381 e. The number of nitrogens with zero attached hydrogens (tertiary/aromatic N) is 2. The molecule has 0 N–H and O–H groups in total. The summed E-state index contributed by atoms with van der Waals surface area (Å²) in [5.74, 6) is 0.644. The van der Waals surface area contributed by atoms with E-state index in [0.29, 0.717) is 11.8 Å². The van der Waals surface area contributed by atoms with Crippen LogP contribution in [0.25, 0.3) is 0 Å². The molecule has 0 bridgehead atoms. The van der Waals surface area contributed by atoms with E-state index in [1.807, 2.05) is 9.80 Å². The molecule has 0 radical (unpaired) electrons. The van der Waals surface area contributed by atoms with Crippen molar-refractivity contribution in [3.63, 3.8) is 0 Å². The number of ether oxygens (including phenoxy) is 1. The number of hydrogen-bond donors (Lipinski definition) is 0. The van der Waals surface area contributed by atoms with Crippen molar-refractivity contribution in [2.24, 2.45) is 0 Å². The molecule has 0 unspecified atom stereocenters. The van der Waals surface area contributed by atoms with E-state index >= 15 is 0 Å². The molecule has 2 amide bonds. The number of carbonyl (C=O) groups excluding carboxylic acids is 2. The minimum absolute atomic E-state index is 0.314. The molecule has 0 aromatic carbocycles. The standard InChI is InChI=1S/C19H34N2O3/c22-18-10-3-1-5-12-20(18)14-7-8-16-24-17-9-15-21-13-6-2-4-11-19(21)23/h1-17H2. The van der Waals surface area contributed by atoms with Gasteiger partial charge in [0.25, 0.3) is 0 Å². The SMILES string of the molecule is O=C1CCCCCN1CCCCOCCCN1CCCCCC1=O. The normalized spacial score (nSPS) is 20.2. The molecule has 2 fully saturated rings. The van der Waals surface area contributed by atoms with Crippen LogP contribution in [0.5, 0.6) is 0 Å². The van der Waals surface area contributed by atoms with Crippen LogP contribution >= 0.6 is 0 Å². The van der Waals surface area contributed by atoms with Crippen molar-refractivity contribution in [1.82, 2.24) is 9.80 Å². The third kappa shape index (κ3) is 7.20. The fraction of sp³-hybridized carbons (Fsp3) is 0.895. The van der Waals surface area contributed by atoms with E-state index in [2.05, 4.69) is 0 Å². The van der Waals surface area contributed by atoms with Gasteiger partial charge in [0, 0.05) is 52.2 Å². The molecule has 138 valence electrons. The summed E-state index contributed by atoms with van der Waals surface area (Å²) in [5, 5.41) is 0. The van der Waals surface area contributed by atoms with Crippen LogP contribution in [0.2, 0.25) is 0 Å². The third-order valence-electron chi connectivity index (χ3n) is 5.03. The first-order valence-corrected chi connectivity index (χ1v) is 9.90. The zero-order valence-electron chi connectivity index (χ0n) is 15.1. The molecule has 2 aliphatic rings. The van der Waals surface area contributed by atoms with Gasteiger partial charge in [-0.1, -0.05) is 12.8 Å². The van der Waals surface area contributed by atoms with E-state index in [-0.39, 0.29) is 0 Å². The first-order chi connectivity index (χ1) is 11.8. The van der Waals surface area contributed by atoms with Gasteiger partial charge in [0.05, 0.1) is 0 Å². The lowest BCUT2D eigenvalue weighted by atomic mass is 10.2. The summed E-state index contributed by atoms with van der Waals surface area (Å²) in [4.78, 5) is 27.8. The van der Waals surface area contributed by atoms with Crippen LogP contribution in [0.3, 0.4) is 0 Å².